The summed E-state index contributed by atoms with van der Waals surface area (Å²) in [7, 11) is 0. The van der Waals surface area contributed by atoms with Crippen LogP contribution in [-0.4, -0.2) is 29.6 Å². The number of amides is 2. The second-order valence-corrected chi connectivity index (χ2v) is 5.84. The van der Waals surface area contributed by atoms with Gasteiger partial charge in [-0.2, -0.15) is 0 Å². The number of hydrogen-bond donors (Lipinski definition) is 3. The fraction of sp³-hybridized carbons (Fsp3) is 0.467. The van der Waals surface area contributed by atoms with Gasteiger partial charge in [0.05, 0.1) is 6.10 Å². The fourth-order valence-corrected chi connectivity index (χ4v) is 1.56. The Morgan fingerprint density at radius 2 is 1.70 bits per heavy atom. The van der Waals surface area contributed by atoms with E-state index in [2.05, 4.69) is 31.4 Å². The standard InChI is InChI=1S/C15H22N2O3/c1-10(18)9-16-13(19)14(20)17-12-7-5-11(6-8-12)15(2,3)4/h5-8,10,18H,9H2,1-4H3,(H,16,19)(H,17,20)/t10-/m0/s1. The Bertz CT molecular complexity index is 473. The molecule has 0 aliphatic carbocycles. The summed E-state index contributed by atoms with van der Waals surface area (Å²) in [4.78, 5) is 23.0. The van der Waals surface area contributed by atoms with Crippen LogP contribution in [0.15, 0.2) is 24.3 Å². The summed E-state index contributed by atoms with van der Waals surface area (Å²) in [5.41, 5.74) is 1.75. The number of rotatable bonds is 3. The van der Waals surface area contributed by atoms with E-state index < -0.39 is 17.9 Å². The van der Waals surface area contributed by atoms with Crippen LogP contribution in [0.1, 0.15) is 33.3 Å². The lowest BCUT2D eigenvalue weighted by molar-refractivity contribution is -0.136. The minimum Gasteiger partial charge on any atom is -0.392 e. The van der Waals surface area contributed by atoms with Crippen molar-refractivity contribution in [2.24, 2.45) is 0 Å². The van der Waals surface area contributed by atoms with Crippen LogP contribution in [0.5, 0.6) is 0 Å². The predicted molar refractivity (Wildman–Crippen MR) is 78.5 cm³/mol. The van der Waals surface area contributed by atoms with Crippen LogP contribution in [0.4, 0.5) is 5.69 Å². The zero-order chi connectivity index (χ0) is 15.3. The first-order chi connectivity index (χ1) is 9.20. The summed E-state index contributed by atoms with van der Waals surface area (Å²) < 4.78 is 0. The van der Waals surface area contributed by atoms with E-state index in [1.807, 2.05) is 12.1 Å². The molecule has 0 heterocycles. The van der Waals surface area contributed by atoms with Crippen molar-refractivity contribution < 1.29 is 14.7 Å². The molecular formula is C15H22N2O3. The number of nitrogens with one attached hydrogen (secondary N) is 2. The van der Waals surface area contributed by atoms with Crippen molar-refractivity contribution in [3.8, 4) is 0 Å². The fourth-order valence-electron chi connectivity index (χ4n) is 1.56. The Balaban J connectivity index is 2.60. The molecule has 1 atom stereocenters. The quantitative estimate of drug-likeness (QED) is 0.732. The molecule has 1 aromatic carbocycles. The normalized spacial score (nSPS) is 12.7. The molecule has 1 rings (SSSR count). The first-order valence-corrected chi connectivity index (χ1v) is 6.58. The van der Waals surface area contributed by atoms with Gasteiger partial charge in [-0.1, -0.05) is 32.9 Å². The lowest BCUT2D eigenvalue weighted by Gasteiger charge is -2.19. The molecule has 0 aliphatic rings. The van der Waals surface area contributed by atoms with E-state index >= 15 is 0 Å². The summed E-state index contributed by atoms with van der Waals surface area (Å²) in [5, 5.41) is 13.9. The van der Waals surface area contributed by atoms with Gasteiger partial charge in [-0.3, -0.25) is 9.59 Å². The Hall–Kier alpha value is -1.88. The van der Waals surface area contributed by atoms with E-state index in [0.29, 0.717) is 5.69 Å². The molecule has 0 unspecified atom stereocenters. The van der Waals surface area contributed by atoms with Crippen molar-refractivity contribution >= 4 is 17.5 Å². The number of carbonyl (C=O) groups is 2. The number of aliphatic hydroxyl groups is 1. The molecule has 0 aliphatic heterocycles. The maximum absolute atomic E-state index is 11.6. The number of hydrogen-bond acceptors (Lipinski definition) is 3. The van der Waals surface area contributed by atoms with Crippen LogP contribution in [0.25, 0.3) is 0 Å². The van der Waals surface area contributed by atoms with Crippen LogP contribution >= 0.6 is 0 Å². The average molecular weight is 278 g/mol. The molecule has 0 fully saturated rings. The van der Waals surface area contributed by atoms with Crippen LogP contribution in [0.2, 0.25) is 0 Å². The SMILES string of the molecule is C[C@H](O)CNC(=O)C(=O)Nc1ccc(C(C)(C)C)cc1. The van der Waals surface area contributed by atoms with Gasteiger partial charge in [-0.15, -0.1) is 0 Å². The average Bonchev–Trinajstić information content (AvgIpc) is 2.35. The summed E-state index contributed by atoms with van der Waals surface area (Å²) in [6.45, 7) is 7.89. The van der Waals surface area contributed by atoms with Gasteiger partial charge in [0, 0.05) is 12.2 Å². The maximum Gasteiger partial charge on any atom is 0.313 e. The molecule has 5 heteroatoms. The zero-order valence-electron chi connectivity index (χ0n) is 12.4. The van der Waals surface area contributed by atoms with E-state index in [1.165, 1.54) is 6.92 Å². The molecule has 0 saturated carbocycles. The predicted octanol–water partition coefficient (Wildman–Crippen LogP) is 1.42. The van der Waals surface area contributed by atoms with E-state index in [0.717, 1.165) is 5.56 Å². The molecule has 0 aromatic heterocycles. The van der Waals surface area contributed by atoms with Crippen molar-refractivity contribution in [2.45, 2.75) is 39.2 Å². The van der Waals surface area contributed by atoms with E-state index in [-0.39, 0.29) is 12.0 Å². The van der Waals surface area contributed by atoms with Gasteiger partial charge in [-0.05, 0) is 30.0 Å². The van der Waals surface area contributed by atoms with Gasteiger partial charge in [-0.25, -0.2) is 0 Å². The number of aliphatic hydroxyl groups excluding tert-OH is 1. The third-order valence-electron chi connectivity index (χ3n) is 2.77. The topological polar surface area (TPSA) is 78.4 Å². The second-order valence-electron chi connectivity index (χ2n) is 5.84. The van der Waals surface area contributed by atoms with Gasteiger partial charge in [0.15, 0.2) is 0 Å². The number of anilines is 1. The minimum atomic E-state index is -0.759. The van der Waals surface area contributed by atoms with Crippen LogP contribution in [0, 0.1) is 0 Å². The van der Waals surface area contributed by atoms with E-state index in [9.17, 15) is 9.59 Å². The zero-order valence-corrected chi connectivity index (χ0v) is 12.4. The molecule has 110 valence electrons. The van der Waals surface area contributed by atoms with Crippen LogP contribution < -0.4 is 10.6 Å². The molecule has 0 radical (unpaired) electrons. The van der Waals surface area contributed by atoms with Gasteiger partial charge >= 0.3 is 11.8 Å². The molecule has 0 spiro atoms. The summed E-state index contributed by atoms with van der Waals surface area (Å²) in [6, 6.07) is 7.37. The second kappa shape index (κ2) is 6.52. The highest BCUT2D eigenvalue weighted by molar-refractivity contribution is 6.39. The van der Waals surface area contributed by atoms with Crippen molar-refractivity contribution in [1.29, 1.82) is 0 Å². The highest BCUT2D eigenvalue weighted by Crippen LogP contribution is 2.23. The molecule has 1 aromatic rings. The van der Waals surface area contributed by atoms with E-state index in [1.54, 1.807) is 12.1 Å². The van der Waals surface area contributed by atoms with Gasteiger partial charge in [0.25, 0.3) is 0 Å². The first kappa shape index (κ1) is 16.2. The molecule has 2 amide bonds. The highest BCUT2D eigenvalue weighted by Gasteiger charge is 2.15. The largest absolute Gasteiger partial charge is 0.392 e. The van der Waals surface area contributed by atoms with Crippen LogP contribution in [-0.2, 0) is 15.0 Å². The molecule has 20 heavy (non-hydrogen) atoms. The van der Waals surface area contributed by atoms with Gasteiger partial charge in [0.2, 0.25) is 0 Å². The van der Waals surface area contributed by atoms with Crippen molar-refractivity contribution in [1.82, 2.24) is 5.32 Å². The van der Waals surface area contributed by atoms with Crippen molar-refractivity contribution in [3.63, 3.8) is 0 Å². The van der Waals surface area contributed by atoms with Gasteiger partial charge < -0.3 is 15.7 Å². The Labute approximate surface area is 119 Å². The molecule has 0 bridgehead atoms. The van der Waals surface area contributed by atoms with Crippen molar-refractivity contribution in [2.75, 3.05) is 11.9 Å². The highest BCUT2D eigenvalue weighted by atomic mass is 16.3. The first-order valence-electron chi connectivity index (χ1n) is 6.58. The minimum absolute atomic E-state index is 0.0389. The third-order valence-corrected chi connectivity index (χ3v) is 2.77. The maximum atomic E-state index is 11.6. The van der Waals surface area contributed by atoms with Crippen molar-refractivity contribution in [3.05, 3.63) is 29.8 Å². The molecular weight excluding hydrogens is 256 g/mol. The molecule has 0 saturated heterocycles. The Kier molecular flexibility index (Phi) is 5.27. The smallest absolute Gasteiger partial charge is 0.313 e. The Morgan fingerprint density at radius 3 is 2.15 bits per heavy atom. The lowest BCUT2D eigenvalue weighted by Crippen LogP contribution is -2.38. The number of benzene rings is 1. The third kappa shape index (κ3) is 5.01. The van der Waals surface area contributed by atoms with E-state index in [4.69, 9.17) is 5.11 Å². The molecule has 3 N–H and O–H groups in total. The monoisotopic (exact) mass is 278 g/mol. The summed E-state index contributed by atoms with van der Waals surface area (Å²) in [6.07, 6.45) is -0.683. The number of carbonyl (C=O) groups excluding carboxylic acids is 2. The summed E-state index contributed by atoms with van der Waals surface area (Å²) in [5.74, 6) is -1.50. The van der Waals surface area contributed by atoms with Crippen LogP contribution in [0.3, 0.4) is 0 Å². The lowest BCUT2D eigenvalue weighted by atomic mass is 9.87. The molecule has 5 nitrogen and oxygen atoms in total. The van der Waals surface area contributed by atoms with Gasteiger partial charge in [0.1, 0.15) is 0 Å². The Morgan fingerprint density at radius 1 is 1.15 bits per heavy atom. The summed E-state index contributed by atoms with van der Waals surface area (Å²) >= 11 is 0.